The molecule has 6 heteroatoms. The van der Waals surface area contributed by atoms with Crippen molar-refractivity contribution in [2.24, 2.45) is 11.7 Å². The molecule has 1 fully saturated rings. The van der Waals surface area contributed by atoms with E-state index in [0.717, 1.165) is 19.5 Å². The number of rotatable bonds is 3. The second kappa shape index (κ2) is 5.67. The first-order valence-corrected chi connectivity index (χ1v) is 5.09. The Morgan fingerprint density at radius 1 is 1.47 bits per heavy atom. The minimum atomic E-state index is -0.274. The van der Waals surface area contributed by atoms with Gasteiger partial charge in [-0.25, -0.2) is 0 Å². The maximum atomic E-state index is 11.3. The summed E-state index contributed by atoms with van der Waals surface area (Å²) in [4.78, 5) is 23.9. The first-order valence-electron chi connectivity index (χ1n) is 5.09. The highest BCUT2D eigenvalue weighted by Crippen LogP contribution is 2.13. The van der Waals surface area contributed by atoms with Gasteiger partial charge in [0.15, 0.2) is 0 Å². The molecule has 0 aliphatic carbocycles. The van der Waals surface area contributed by atoms with E-state index in [9.17, 15) is 9.59 Å². The standard InChI is InChI=1S/C9H18N4O2/c1-7(14)11-12-9(15)6-13-3-2-8(4-10)5-13/h8H,2-6,10H2,1H3,(H,11,14)(H,12,15). The van der Waals surface area contributed by atoms with Crippen molar-refractivity contribution in [3.63, 3.8) is 0 Å². The van der Waals surface area contributed by atoms with E-state index in [1.54, 1.807) is 0 Å². The summed E-state index contributed by atoms with van der Waals surface area (Å²) in [5.41, 5.74) is 10.1. The summed E-state index contributed by atoms with van der Waals surface area (Å²) in [5, 5.41) is 0. The number of nitrogens with two attached hydrogens (primary N) is 1. The summed E-state index contributed by atoms with van der Waals surface area (Å²) in [6.45, 7) is 4.10. The van der Waals surface area contributed by atoms with E-state index in [1.165, 1.54) is 6.92 Å². The lowest BCUT2D eigenvalue weighted by atomic mass is 10.1. The van der Waals surface area contributed by atoms with Crippen LogP contribution in [0.5, 0.6) is 0 Å². The van der Waals surface area contributed by atoms with Crippen LogP contribution in [0.15, 0.2) is 0 Å². The molecule has 15 heavy (non-hydrogen) atoms. The predicted octanol–water partition coefficient (Wildman–Crippen LogP) is -1.57. The van der Waals surface area contributed by atoms with Gasteiger partial charge in [-0.1, -0.05) is 0 Å². The van der Waals surface area contributed by atoms with Crippen LogP contribution in [-0.2, 0) is 9.59 Å². The van der Waals surface area contributed by atoms with Gasteiger partial charge in [0.05, 0.1) is 6.54 Å². The van der Waals surface area contributed by atoms with Crippen LogP contribution < -0.4 is 16.6 Å². The number of amides is 2. The first kappa shape index (κ1) is 11.9. The van der Waals surface area contributed by atoms with Gasteiger partial charge in [0.2, 0.25) is 5.91 Å². The van der Waals surface area contributed by atoms with Crippen molar-refractivity contribution in [3.05, 3.63) is 0 Å². The molecule has 0 bridgehead atoms. The average Bonchev–Trinajstić information content (AvgIpc) is 2.62. The van der Waals surface area contributed by atoms with Crippen LogP contribution in [0.2, 0.25) is 0 Å². The molecule has 6 nitrogen and oxygen atoms in total. The second-order valence-corrected chi connectivity index (χ2v) is 3.85. The van der Waals surface area contributed by atoms with Crippen LogP contribution in [0.3, 0.4) is 0 Å². The number of likely N-dealkylation sites (tertiary alicyclic amines) is 1. The predicted molar refractivity (Wildman–Crippen MR) is 55.6 cm³/mol. The van der Waals surface area contributed by atoms with Crippen LogP contribution in [0.4, 0.5) is 0 Å². The monoisotopic (exact) mass is 214 g/mol. The molecule has 0 spiro atoms. The van der Waals surface area contributed by atoms with Gasteiger partial charge >= 0.3 is 0 Å². The van der Waals surface area contributed by atoms with E-state index in [4.69, 9.17) is 5.73 Å². The summed E-state index contributed by atoms with van der Waals surface area (Å²) >= 11 is 0. The molecule has 2 amide bonds. The van der Waals surface area contributed by atoms with Crippen molar-refractivity contribution in [2.75, 3.05) is 26.2 Å². The van der Waals surface area contributed by atoms with Gasteiger partial charge in [-0.3, -0.25) is 25.3 Å². The Bertz CT molecular complexity index is 244. The lowest BCUT2D eigenvalue weighted by Crippen LogP contribution is -2.45. The number of carbonyl (C=O) groups is 2. The van der Waals surface area contributed by atoms with E-state index >= 15 is 0 Å². The fraction of sp³-hybridized carbons (Fsp3) is 0.778. The molecular weight excluding hydrogens is 196 g/mol. The van der Waals surface area contributed by atoms with Crippen LogP contribution >= 0.6 is 0 Å². The maximum absolute atomic E-state index is 11.3. The Hall–Kier alpha value is -1.14. The van der Waals surface area contributed by atoms with Gasteiger partial charge in [0, 0.05) is 13.5 Å². The molecule has 0 aromatic carbocycles. The van der Waals surface area contributed by atoms with E-state index in [-0.39, 0.29) is 11.8 Å². The fourth-order valence-electron chi connectivity index (χ4n) is 1.65. The van der Waals surface area contributed by atoms with E-state index in [0.29, 0.717) is 19.0 Å². The number of hydrogen-bond acceptors (Lipinski definition) is 4. The molecule has 0 aromatic rings. The molecule has 86 valence electrons. The fourth-order valence-corrected chi connectivity index (χ4v) is 1.65. The molecule has 0 aromatic heterocycles. The van der Waals surface area contributed by atoms with Gasteiger partial charge in [0.25, 0.3) is 5.91 Å². The molecule has 1 atom stereocenters. The highest BCUT2D eigenvalue weighted by molar-refractivity contribution is 5.81. The van der Waals surface area contributed by atoms with Crippen molar-refractivity contribution in [1.82, 2.24) is 15.8 Å². The number of nitrogens with one attached hydrogen (secondary N) is 2. The quantitative estimate of drug-likeness (QED) is 0.496. The van der Waals surface area contributed by atoms with Crippen molar-refractivity contribution in [1.29, 1.82) is 0 Å². The molecule has 0 saturated carbocycles. The van der Waals surface area contributed by atoms with Gasteiger partial charge in [-0.05, 0) is 25.4 Å². The largest absolute Gasteiger partial charge is 0.330 e. The molecule has 1 aliphatic heterocycles. The Morgan fingerprint density at radius 3 is 2.73 bits per heavy atom. The van der Waals surface area contributed by atoms with Gasteiger partial charge in [-0.15, -0.1) is 0 Å². The third kappa shape index (κ3) is 4.26. The van der Waals surface area contributed by atoms with Gasteiger partial charge in [-0.2, -0.15) is 0 Å². The smallest absolute Gasteiger partial charge is 0.252 e. The van der Waals surface area contributed by atoms with Crippen molar-refractivity contribution in [2.45, 2.75) is 13.3 Å². The van der Waals surface area contributed by atoms with Crippen LogP contribution in [0.1, 0.15) is 13.3 Å². The zero-order chi connectivity index (χ0) is 11.3. The lowest BCUT2D eigenvalue weighted by molar-refractivity contribution is -0.128. The molecule has 1 saturated heterocycles. The summed E-state index contributed by atoms with van der Waals surface area (Å²) < 4.78 is 0. The minimum absolute atomic E-state index is 0.192. The molecule has 0 radical (unpaired) electrons. The zero-order valence-electron chi connectivity index (χ0n) is 8.95. The third-order valence-corrected chi connectivity index (χ3v) is 2.45. The van der Waals surface area contributed by atoms with Crippen LogP contribution in [0, 0.1) is 5.92 Å². The summed E-state index contributed by atoms with van der Waals surface area (Å²) in [5.74, 6) is 0.0334. The Balaban J connectivity index is 2.18. The Labute approximate surface area is 89.1 Å². The van der Waals surface area contributed by atoms with Gasteiger partial charge in [0.1, 0.15) is 0 Å². The molecule has 1 aliphatic rings. The van der Waals surface area contributed by atoms with Crippen LogP contribution in [-0.4, -0.2) is 42.9 Å². The number of hydrogen-bond donors (Lipinski definition) is 3. The lowest BCUT2D eigenvalue weighted by Gasteiger charge is -2.15. The van der Waals surface area contributed by atoms with Crippen LogP contribution in [0.25, 0.3) is 0 Å². The molecule has 4 N–H and O–H groups in total. The summed E-state index contributed by atoms with van der Waals surface area (Å²) in [6.07, 6.45) is 1.05. The van der Waals surface area contributed by atoms with E-state index in [1.807, 2.05) is 4.90 Å². The Morgan fingerprint density at radius 2 is 2.20 bits per heavy atom. The van der Waals surface area contributed by atoms with Crippen molar-refractivity contribution >= 4 is 11.8 Å². The van der Waals surface area contributed by atoms with Crippen molar-refractivity contribution in [3.8, 4) is 0 Å². The van der Waals surface area contributed by atoms with E-state index < -0.39 is 0 Å². The normalized spacial score (nSPS) is 21.3. The van der Waals surface area contributed by atoms with Gasteiger partial charge < -0.3 is 5.73 Å². The molecule has 1 unspecified atom stereocenters. The molecule has 1 rings (SSSR count). The topological polar surface area (TPSA) is 87.5 Å². The first-order chi connectivity index (χ1) is 7.11. The highest BCUT2D eigenvalue weighted by Gasteiger charge is 2.22. The summed E-state index contributed by atoms with van der Waals surface area (Å²) in [6, 6.07) is 0. The Kier molecular flexibility index (Phi) is 4.51. The SMILES string of the molecule is CC(=O)NNC(=O)CN1CCC(CN)C1. The maximum Gasteiger partial charge on any atom is 0.252 e. The summed E-state index contributed by atoms with van der Waals surface area (Å²) in [7, 11) is 0. The van der Waals surface area contributed by atoms with E-state index in [2.05, 4.69) is 10.9 Å². The zero-order valence-corrected chi connectivity index (χ0v) is 8.95. The second-order valence-electron chi connectivity index (χ2n) is 3.85. The average molecular weight is 214 g/mol. The minimum Gasteiger partial charge on any atom is -0.330 e. The number of hydrazine groups is 1. The number of carbonyl (C=O) groups excluding carboxylic acids is 2. The molecule has 1 heterocycles. The molecular formula is C9H18N4O2. The van der Waals surface area contributed by atoms with Crippen molar-refractivity contribution < 1.29 is 9.59 Å². The number of nitrogens with zero attached hydrogens (tertiary/aromatic N) is 1. The third-order valence-electron chi connectivity index (χ3n) is 2.45. The highest BCUT2D eigenvalue weighted by atomic mass is 16.2.